The van der Waals surface area contributed by atoms with Gasteiger partial charge in [-0.2, -0.15) is 5.10 Å². The molecule has 1 aliphatic heterocycles. The van der Waals surface area contributed by atoms with Gasteiger partial charge in [0.15, 0.2) is 5.11 Å². The minimum atomic E-state index is -0.323. The van der Waals surface area contributed by atoms with E-state index in [1.165, 1.54) is 24.3 Å². The molecule has 4 rings (SSSR count). The van der Waals surface area contributed by atoms with Crippen LogP contribution in [0.1, 0.15) is 11.1 Å². The molecule has 2 heterocycles. The summed E-state index contributed by atoms with van der Waals surface area (Å²) in [4.78, 5) is 4.40. The molecule has 1 aliphatic rings. The molecule has 0 radical (unpaired) electrons. The summed E-state index contributed by atoms with van der Waals surface area (Å²) in [6.07, 6.45) is 3.60. The van der Waals surface area contributed by atoms with E-state index in [1.807, 2.05) is 6.20 Å². The number of nitrogens with zero attached hydrogens (tertiary/aromatic N) is 4. The Morgan fingerprint density at radius 2 is 1.71 bits per heavy atom. The molecule has 1 fully saturated rings. The molecule has 0 bridgehead atoms. The highest BCUT2D eigenvalue weighted by atomic mass is 35.5. The third kappa shape index (κ3) is 5.78. The average molecular weight is 462 g/mol. The second-order valence-electron chi connectivity index (χ2n) is 7.48. The molecule has 0 amide bonds. The van der Waals surface area contributed by atoms with Gasteiger partial charge in [-0.3, -0.25) is 9.58 Å². The Morgan fingerprint density at radius 1 is 1.00 bits per heavy atom. The number of aromatic nitrogens is 2. The van der Waals surface area contributed by atoms with Gasteiger partial charge in [0, 0.05) is 43.9 Å². The van der Waals surface area contributed by atoms with Gasteiger partial charge < -0.3 is 10.2 Å². The number of piperazine rings is 1. The van der Waals surface area contributed by atoms with E-state index in [-0.39, 0.29) is 11.6 Å². The summed E-state index contributed by atoms with van der Waals surface area (Å²) in [6, 6.07) is 10.9. The van der Waals surface area contributed by atoms with Gasteiger partial charge in [0.25, 0.3) is 0 Å². The molecule has 31 heavy (non-hydrogen) atoms. The fourth-order valence-corrected chi connectivity index (χ4v) is 4.02. The Bertz CT molecular complexity index is 1050. The number of nitrogens with one attached hydrogen (secondary N) is 1. The molecule has 0 atom stereocenters. The molecule has 3 aromatic rings. The number of hydrogen-bond acceptors (Lipinski definition) is 3. The lowest BCUT2D eigenvalue weighted by atomic mass is 10.2. The zero-order chi connectivity index (χ0) is 21.8. The SMILES string of the molecule is Fc1ccc(Cn2cc(NC(=S)N3CCN(Cc4ccc(F)cc4Cl)CC3)cn2)cc1. The molecule has 162 valence electrons. The van der Waals surface area contributed by atoms with Gasteiger partial charge in [-0.1, -0.05) is 29.8 Å². The van der Waals surface area contributed by atoms with Crippen molar-refractivity contribution in [1.29, 1.82) is 0 Å². The molecule has 1 aromatic heterocycles. The molecule has 0 saturated carbocycles. The number of hydrogen-bond donors (Lipinski definition) is 1. The largest absolute Gasteiger partial charge is 0.346 e. The van der Waals surface area contributed by atoms with E-state index >= 15 is 0 Å². The Morgan fingerprint density at radius 3 is 2.42 bits per heavy atom. The first kappa shape index (κ1) is 21.7. The van der Waals surface area contributed by atoms with Crippen LogP contribution in [0.2, 0.25) is 5.02 Å². The molecular weight excluding hydrogens is 440 g/mol. The zero-order valence-corrected chi connectivity index (χ0v) is 18.3. The van der Waals surface area contributed by atoms with Gasteiger partial charge >= 0.3 is 0 Å². The fraction of sp³-hybridized carbons (Fsp3) is 0.273. The van der Waals surface area contributed by atoms with Gasteiger partial charge in [0.2, 0.25) is 0 Å². The van der Waals surface area contributed by atoms with Gasteiger partial charge in [0.05, 0.1) is 18.4 Å². The molecule has 0 unspecified atom stereocenters. The van der Waals surface area contributed by atoms with Crippen LogP contribution in [0.25, 0.3) is 0 Å². The smallest absolute Gasteiger partial charge is 0.173 e. The minimum absolute atomic E-state index is 0.252. The normalized spacial score (nSPS) is 14.6. The zero-order valence-electron chi connectivity index (χ0n) is 16.8. The maximum Gasteiger partial charge on any atom is 0.173 e. The van der Waals surface area contributed by atoms with E-state index in [9.17, 15) is 8.78 Å². The summed E-state index contributed by atoms with van der Waals surface area (Å²) >= 11 is 11.7. The third-order valence-electron chi connectivity index (χ3n) is 5.21. The topological polar surface area (TPSA) is 36.3 Å². The van der Waals surface area contributed by atoms with E-state index in [2.05, 4.69) is 20.2 Å². The van der Waals surface area contributed by atoms with Crippen LogP contribution in [0.4, 0.5) is 14.5 Å². The highest BCUT2D eigenvalue weighted by molar-refractivity contribution is 7.80. The lowest BCUT2D eigenvalue weighted by Gasteiger charge is -2.36. The molecule has 5 nitrogen and oxygen atoms in total. The summed E-state index contributed by atoms with van der Waals surface area (Å²) in [7, 11) is 0. The maximum atomic E-state index is 13.2. The first-order chi connectivity index (χ1) is 15.0. The van der Waals surface area contributed by atoms with Crippen molar-refractivity contribution in [3.63, 3.8) is 0 Å². The van der Waals surface area contributed by atoms with Gasteiger partial charge in [-0.15, -0.1) is 0 Å². The van der Waals surface area contributed by atoms with Crippen LogP contribution in [-0.4, -0.2) is 50.9 Å². The second kappa shape index (κ2) is 9.72. The van der Waals surface area contributed by atoms with E-state index in [0.29, 0.717) is 23.2 Å². The summed E-state index contributed by atoms with van der Waals surface area (Å²) in [6.45, 7) is 4.48. The monoisotopic (exact) mass is 461 g/mol. The van der Waals surface area contributed by atoms with Crippen LogP contribution in [0.15, 0.2) is 54.9 Å². The predicted molar refractivity (Wildman–Crippen MR) is 122 cm³/mol. The summed E-state index contributed by atoms with van der Waals surface area (Å²) in [5, 5.41) is 8.69. The Balaban J connectivity index is 1.26. The number of thiocarbonyl (C=S) groups is 1. The summed E-state index contributed by atoms with van der Waals surface area (Å²) < 4.78 is 28.0. The molecule has 2 aromatic carbocycles. The molecular formula is C22H22ClF2N5S. The lowest BCUT2D eigenvalue weighted by molar-refractivity contribution is 0.177. The summed E-state index contributed by atoms with van der Waals surface area (Å²) in [5.41, 5.74) is 2.70. The molecule has 0 aliphatic carbocycles. The maximum absolute atomic E-state index is 13.2. The van der Waals surface area contributed by atoms with Crippen LogP contribution in [0, 0.1) is 11.6 Å². The van der Waals surface area contributed by atoms with Crippen molar-refractivity contribution in [2.45, 2.75) is 13.1 Å². The van der Waals surface area contributed by atoms with Crippen molar-refractivity contribution in [2.24, 2.45) is 0 Å². The van der Waals surface area contributed by atoms with Crippen LogP contribution < -0.4 is 5.32 Å². The molecule has 1 N–H and O–H groups in total. The van der Waals surface area contributed by atoms with Crippen LogP contribution in [0.5, 0.6) is 0 Å². The Labute approximate surface area is 190 Å². The Hall–Kier alpha value is -2.55. The first-order valence-corrected chi connectivity index (χ1v) is 10.7. The third-order valence-corrected chi connectivity index (χ3v) is 5.92. The van der Waals surface area contributed by atoms with E-state index in [4.69, 9.17) is 23.8 Å². The fourth-order valence-electron chi connectivity index (χ4n) is 3.49. The van der Waals surface area contributed by atoms with E-state index in [0.717, 1.165) is 43.0 Å². The molecule has 9 heteroatoms. The Kier molecular flexibility index (Phi) is 6.80. The molecule has 0 spiro atoms. The number of rotatable bonds is 5. The second-order valence-corrected chi connectivity index (χ2v) is 8.28. The van der Waals surface area contributed by atoms with Crippen molar-refractivity contribution < 1.29 is 8.78 Å². The van der Waals surface area contributed by atoms with Crippen molar-refractivity contribution in [3.8, 4) is 0 Å². The number of anilines is 1. The predicted octanol–water partition coefficient (Wildman–Crippen LogP) is 4.38. The quantitative estimate of drug-likeness (QED) is 0.571. The van der Waals surface area contributed by atoms with Gasteiger partial charge in [-0.25, -0.2) is 8.78 Å². The number of benzene rings is 2. The summed E-state index contributed by atoms with van der Waals surface area (Å²) in [5.74, 6) is -0.575. The standard InChI is InChI=1S/C22H22ClF2N5S/c23-21-11-19(25)6-3-17(21)14-28-7-9-29(10-8-28)22(31)27-20-12-26-30(15-20)13-16-1-4-18(24)5-2-16/h1-6,11-12,15H,7-10,13-14H2,(H,27,31). The lowest BCUT2D eigenvalue weighted by Crippen LogP contribution is -2.49. The average Bonchev–Trinajstić information content (AvgIpc) is 3.19. The number of halogens is 3. The van der Waals surface area contributed by atoms with Crippen LogP contribution in [0.3, 0.4) is 0 Å². The molecule has 1 saturated heterocycles. The van der Waals surface area contributed by atoms with Crippen molar-refractivity contribution in [2.75, 3.05) is 31.5 Å². The van der Waals surface area contributed by atoms with Gasteiger partial charge in [-0.05, 0) is 47.6 Å². The van der Waals surface area contributed by atoms with Crippen molar-refractivity contribution in [3.05, 3.63) is 82.6 Å². The van der Waals surface area contributed by atoms with Crippen LogP contribution in [-0.2, 0) is 13.1 Å². The van der Waals surface area contributed by atoms with Crippen LogP contribution >= 0.6 is 23.8 Å². The highest BCUT2D eigenvalue weighted by Crippen LogP contribution is 2.20. The van der Waals surface area contributed by atoms with Gasteiger partial charge in [0.1, 0.15) is 11.6 Å². The first-order valence-electron chi connectivity index (χ1n) is 9.95. The van der Waals surface area contributed by atoms with Crippen molar-refractivity contribution in [1.82, 2.24) is 19.6 Å². The highest BCUT2D eigenvalue weighted by Gasteiger charge is 2.20. The van der Waals surface area contributed by atoms with Crippen molar-refractivity contribution >= 4 is 34.6 Å². The van der Waals surface area contributed by atoms with E-state index < -0.39 is 0 Å². The minimum Gasteiger partial charge on any atom is -0.346 e. The van der Waals surface area contributed by atoms with E-state index in [1.54, 1.807) is 29.1 Å².